The van der Waals surface area contributed by atoms with E-state index in [9.17, 15) is 0 Å². The third-order valence-corrected chi connectivity index (χ3v) is 1.23. The molecule has 1 saturated heterocycles. The van der Waals surface area contributed by atoms with E-state index < -0.39 is 0 Å². The first-order valence-corrected chi connectivity index (χ1v) is 3.10. The number of hydrogen-bond donors (Lipinski definition) is 0. The average molecular weight is 116 g/mol. The third-order valence-electron chi connectivity index (χ3n) is 1.23. The van der Waals surface area contributed by atoms with E-state index in [4.69, 9.17) is 9.47 Å². The van der Waals surface area contributed by atoms with Gasteiger partial charge >= 0.3 is 0 Å². The van der Waals surface area contributed by atoms with Gasteiger partial charge in [0.1, 0.15) is 0 Å². The fraction of sp³-hybridized carbons (Fsp3) is 1.00. The van der Waals surface area contributed by atoms with E-state index in [1.807, 2.05) is 6.92 Å². The molecule has 1 aliphatic heterocycles. The second-order valence-electron chi connectivity index (χ2n) is 2.12. The molecule has 0 unspecified atom stereocenters. The Morgan fingerprint density at radius 3 is 2.62 bits per heavy atom. The van der Waals surface area contributed by atoms with E-state index >= 15 is 0 Å². The maximum Gasteiger partial charge on any atom is 0.157 e. The van der Waals surface area contributed by atoms with Gasteiger partial charge in [0.05, 0.1) is 12.7 Å². The van der Waals surface area contributed by atoms with Crippen LogP contribution in [0.3, 0.4) is 0 Å². The van der Waals surface area contributed by atoms with Crippen LogP contribution in [0.4, 0.5) is 0 Å². The zero-order chi connectivity index (χ0) is 5.98. The first kappa shape index (κ1) is 6.05. The van der Waals surface area contributed by atoms with Crippen LogP contribution in [0.2, 0.25) is 0 Å². The van der Waals surface area contributed by atoms with Crippen LogP contribution in [0, 0.1) is 0 Å². The summed E-state index contributed by atoms with van der Waals surface area (Å²) in [5, 5.41) is 0. The first-order valence-electron chi connectivity index (χ1n) is 3.10. The Morgan fingerprint density at radius 1 is 1.62 bits per heavy atom. The average Bonchev–Trinajstić information content (AvgIpc) is 2.14. The molecule has 2 heteroatoms. The van der Waals surface area contributed by atoms with Crippen molar-refractivity contribution in [2.45, 2.75) is 32.7 Å². The molecular weight excluding hydrogens is 104 g/mol. The molecule has 48 valence electrons. The number of ether oxygens (including phenoxy) is 2. The van der Waals surface area contributed by atoms with Gasteiger partial charge < -0.3 is 9.47 Å². The molecule has 1 fully saturated rings. The topological polar surface area (TPSA) is 18.5 Å². The van der Waals surface area contributed by atoms with Crippen molar-refractivity contribution in [3.63, 3.8) is 0 Å². The Morgan fingerprint density at radius 2 is 2.38 bits per heavy atom. The predicted molar refractivity (Wildman–Crippen MR) is 30.6 cm³/mol. The minimum absolute atomic E-state index is 0.0741. The van der Waals surface area contributed by atoms with Gasteiger partial charge in [0, 0.05) is 0 Å². The van der Waals surface area contributed by atoms with Crippen LogP contribution in [0.25, 0.3) is 0 Å². The predicted octanol–water partition coefficient (Wildman–Crippen LogP) is 1.16. The second-order valence-corrected chi connectivity index (χ2v) is 2.12. The highest BCUT2D eigenvalue weighted by atomic mass is 16.7. The molecule has 0 aromatic heterocycles. The van der Waals surface area contributed by atoms with E-state index in [0.717, 1.165) is 13.0 Å². The highest BCUT2D eigenvalue weighted by Gasteiger charge is 2.19. The van der Waals surface area contributed by atoms with Crippen molar-refractivity contribution < 1.29 is 9.47 Å². The summed E-state index contributed by atoms with van der Waals surface area (Å²) >= 11 is 0. The van der Waals surface area contributed by atoms with Crippen LogP contribution in [0.1, 0.15) is 20.3 Å². The Balaban J connectivity index is 2.22. The lowest BCUT2D eigenvalue weighted by Gasteiger charge is -2.03. The minimum Gasteiger partial charge on any atom is -0.350 e. The van der Waals surface area contributed by atoms with Crippen LogP contribution in [0.5, 0.6) is 0 Å². The van der Waals surface area contributed by atoms with Crippen molar-refractivity contribution >= 4 is 0 Å². The summed E-state index contributed by atoms with van der Waals surface area (Å²) < 4.78 is 10.5. The van der Waals surface area contributed by atoms with Gasteiger partial charge in [-0.05, 0) is 13.3 Å². The molecular formula is C6H12O2. The molecule has 0 bridgehead atoms. The van der Waals surface area contributed by atoms with Crippen LogP contribution >= 0.6 is 0 Å². The van der Waals surface area contributed by atoms with Crippen molar-refractivity contribution in [3.05, 3.63) is 0 Å². The van der Waals surface area contributed by atoms with Crippen LogP contribution in [-0.2, 0) is 9.47 Å². The van der Waals surface area contributed by atoms with E-state index in [0.29, 0.717) is 6.10 Å². The molecule has 1 aliphatic rings. The highest BCUT2D eigenvalue weighted by Crippen LogP contribution is 2.12. The molecule has 0 N–H and O–H groups in total. The summed E-state index contributed by atoms with van der Waals surface area (Å²) in [6, 6.07) is 0. The summed E-state index contributed by atoms with van der Waals surface area (Å²) in [6.45, 7) is 4.84. The SMILES string of the molecule is CC[C@H]1OC[C@@H](C)O1. The van der Waals surface area contributed by atoms with Crippen LogP contribution < -0.4 is 0 Å². The molecule has 0 aromatic rings. The molecule has 0 spiro atoms. The molecule has 1 rings (SSSR count). The minimum atomic E-state index is 0.0741. The summed E-state index contributed by atoms with van der Waals surface area (Å²) in [5.41, 5.74) is 0. The van der Waals surface area contributed by atoms with Gasteiger partial charge in [0.2, 0.25) is 0 Å². The Kier molecular flexibility index (Phi) is 1.86. The Bertz CT molecular complexity index is 72.9. The maximum atomic E-state index is 5.29. The molecule has 0 aliphatic carbocycles. The standard InChI is InChI=1S/C6H12O2/c1-3-6-7-4-5(2)8-6/h5-6H,3-4H2,1-2H3/t5-,6+/m1/s1. The largest absolute Gasteiger partial charge is 0.350 e. The van der Waals surface area contributed by atoms with Gasteiger partial charge in [0.15, 0.2) is 6.29 Å². The molecule has 2 atom stereocenters. The molecule has 1 heterocycles. The molecule has 0 aromatic carbocycles. The normalized spacial score (nSPS) is 38.2. The quantitative estimate of drug-likeness (QED) is 0.511. The summed E-state index contributed by atoms with van der Waals surface area (Å²) in [4.78, 5) is 0. The van der Waals surface area contributed by atoms with E-state index in [1.165, 1.54) is 0 Å². The van der Waals surface area contributed by atoms with Crippen LogP contribution in [0.15, 0.2) is 0 Å². The van der Waals surface area contributed by atoms with Crippen molar-refractivity contribution in [2.75, 3.05) is 6.61 Å². The van der Waals surface area contributed by atoms with Gasteiger partial charge in [0.25, 0.3) is 0 Å². The van der Waals surface area contributed by atoms with E-state index in [2.05, 4.69) is 6.92 Å². The summed E-state index contributed by atoms with van der Waals surface area (Å²) in [7, 11) is 0. The number of rotatable bonds is 1. The van der Waals surface area contributed by atoms with Gasteiger partial charge in [-0.2, -0.15) is 0 Å². The zero-order valence-electron chi connectivity index (χ0n) is 5.39. The first-order chi connectivity index (χ1) is 3.83. The van der Waals surface area contributed by atoms with Gasteiger partial charge in [-0.25, -0.2) is 0 Å². The molecule has 2 nitrogen and oxygen atoms in total. The fourth-order valence-corrected chi connectivity index (χ4v) is 0.795. The summed E-state index contributed by atoms with van der Waals surface area (Å²) in [6.07, 6.45) is 1.34. The van der Waals surface area contributed by atoms with Gasteiger partial charge in [-0.1, -0.05) is 6.92 Å². The monoisotopic (exact) mass is 116 g/mol. The molecule has 0 radical (unpaired) electrons. The maximum absolute atomic E-state index is 5.29. The van der Waals surface area contributed by atoms with Crippen LogP contribution in [-0.4, -0.2) is 19.0 Å². The lowest BCUT2D eigenvalue weighted by molar-refractivity contribution is -0.0557. The highest BCUT2D eigenvalue weighted by molar-refractivity contribution is 4.57. The van der Waals surface area contributed by atoms with E-state index in [1.54, 1.807) is 0 Å². The Labute approximate surface area is 49.8 Å². The molecule has 0 saturated carbocycles. The zero-order valence-corrected chi connectivity index (χ0v) is 5.39. The van der Waals surface area contributed by atoms with Gasteiger partial charge in [-0.15, -0.1) is 0 Å². The lowest BCUT2D eigenvalue weighted by atomic mass is 10.4. The molecule has 8 heavy (non-hydrogen) atoms. The molecule has 0 amide bonds. The van der Waals surface area contributed by atoms with E-state index in [-0.39, 0.29) is 6.29 Å². The second kappa shape index (κ2) is 2.46. The summed E-state index contributed by atoms with van der Waals surface area (Å²) in [5.74, 6) is 0. The van der Waals surface area contributed by atoms with Gasteiger partial charge in [-0.3, -0.25) is 0 Å². The van der Waals surface area contributed by atoms with Crippen molar-refractivity contribution in [1.82, 2.24) is 0 Å². The van der Waals surface area contributed by atoms with Crippen molar-refractivity contribution in [3.8, 4) is 0 Å². The third kappa shape index (κ3) is 1.20. The number of hydrogen-bond acceptors (Lipinski definition) is 2. The fourth-order valence-electron chi connectivity index (χ4n) is 0.795. The Hall–Kier alpha value is -0.0800. The van der Waals surface area contributed by atoms with Crippen molar-refractivity contribution in [2.24, 2.45) is 0 Å². The van der Waals surface area contributed by atoms with Crippen molar-refractivity contribution in [1.29, 1.82) is 0 Å². The lowest BCUT2D eigenvalue weighted by Crippen LogP contribution is -2.06. The smallest absolute Gasteiger partial charge is 0.157 e.